The first-order valence-electron chi connectivity index (χ1n) is 13.5. The van der Waals surface area contributed by atoms with Crippen LogP contribution >= 0.6 is 23.2 Å². The molecule has 3 aromatic rings. The Labute approximate surface area is 237 Å². The number of rotatable bonds is 5. The van der Waals surface area contributed by atoms with Crippen LogP contribution in [-0.2, 0) is 10.2 Å². The van der Waals surface area contributed by atoms with E-state index in [1.54, 1.807) is 19.2 Å². The molecule has 1 amide bonds. The highest BCUT2D eigenvalue weighted by atomic mass is 35.5. The number of pyridine rings is 1. The number of nitrogens with one attached hydrogen (secondary N) is 1. The van der Waals surface area contributed by atoms with Gasteiger partial charge in [0.25, 0.3) is 0 Å². The number of amides is 1. The van der Waals surface area contributed by atoms with Gasteiger partial charge < -0.3 is 20.7 Å². The highest BCUT2D eigenvalue weighted by Gasteiger charge is 2.49. The lowest BCUT2D eigenvalue weighted by Gasteiger charge is -2.40. The van der Waals surface area contributed by atoms with Gasteiger partial charge in [0.1, 0.15) is 11.9 Å². The predicted molar refractivity (Wildman–Crippen MR) is 153 cm³/mol. The van der Waals surface area contributed by atoms with Crippen LogP contribution in [0.25, 0.3) is 11.1 Å². The smallest absolute Gasteiger partial charge is 0.235 e. The molecule has 1 spiro atoms. The number of nitrogens with zero attached hydrogens (tertiary/aromatic N) is 2. The molecule has 3 heterocycles. The van der Waals surface area contributed by atoms with E-state index >= 15 is 0 Å². The monoisotopic (exact) mass is 568 g/mol. The number of hydrogen-bond acceptors (Lipinski definition) is 5. The van der Waals surface area contributed by atoms with Crippen molar-refractivity contribution < 1.29 is 13.9 Å². The summed E-state index contributed by atoms with van der Waals surface area (Å²) in [5, 5.41) is 3.36. The molecular formula is C30H31Cl2FN4O2. The van der Waals surface area contributed by atoms with Gasteiger partial charge in [0, 0.05) is 34.1 Å². The van der Waals surface area contributed by atoms with Gasteiger partial charge in [-0.2, -0.15) is 0 Å². The Kier molecular flexibility index (Phi) is 6.94. The second-order valence-corrected chi connectivity index (χ2v) is 11.7. The zero-order valence-electron chi connectivity index (χ0n) is 21.8. The first kappa shape index (κ1) is 26.4. The van der Waals surface area contributed by atoms with E-state index in [0.717, 1.165) is 48.3 Å². The molecule has 1 aliphatic carbocycles. The van der Waals surface area contributed by atoms with Gasteiger partial charge in [-0.15, -0.1) is 0 Å². The number of halogens is 3. The molecule has 1 atom stereocenters. The summed E-state index contributed by atoms with van der Waals surface area (Å²) in [4.78, 5) is 20.2. The minimum absolute atomic E-state index is 0.0879. The molecule has 1 saturated heterocycles. The lowest BCUT2D eigenvalue weighted by Crippen LogP contribution is -2.49. The Bertz CT molecular complexity index is 1430. The van der Waals surface area contributed by atoms with Gasteiger partial charge in [0.05, 0.1) is 10.4 Å². The van der Waals surface area contributed by atoms with E-state index in [4.69, 9.17) is 33.7 Å². The number of likely N-dealkylation sites (tertiary alicyclic amines) is 1. The molecule has 2 aliphatic heterocycles. The average Bonchev–Trinajstić information content (AvgIpc) is 3.55. The standard InChI is InChI=1S/C30H31Cl2FN4O2/c1-17(26-22(31)8-9-23(33)27(26)32)39-25-15-19(16-35-28(25)34)18-6-7-21-24(14-18)36-29(38)30(21)10-12-37(13-11-30)20-4-2-3-5-20/h6-9,14-17,20H,2-5,10-13H2,1H3,(H2,34,35)(H,36,38)/t17-/m1/s1. The summed E-state index contributed by atoms with van der Waals surface area (Å²) in [6.07, 6.45) is 7.87. The van der Waals surface area contributed by atoms with Crippen LogP contribution in [0.1, 0.15) is 62.7 Å². The Morgan fingerprint density at radius 1 is 1.13 bits per heavy atom. The van der Waals surface area contributed by atoms with E-state index in [0.29, 0.717) is 22.4 Å². The minimum Gasteiger partial charge on any atom is -0.482 e. The topological polar surface area (TPSA) is 80.5 Å². The van der Waals surface area contributed by atoms with Crippen molar-refractivity contribution in [3.05, 3.63) is 69.6 Å². The van der Waals surface area contributed by atoms with E-state index in [9.17, 15) is 9.18 Å². The van der Waals surface area contributed by atoms with Crippen LogP contribution in [0.2, 0.25) is 10.0 Å². The van der Waals surface area contributed by atoms with Gasteiger partial charge in [0.15, 0.2) is 11.6 Å². The van der Waals surface area contributed by atoms with E-state index in [2.05, 4.69) is 21.3 Å². The summed E-state index contributed by atoms with van der Waals surface area (Å²) in [5.74, 6) is 0.0414. The van der Waals surface area contributed by atoms with E-state index < -0.39 is 17.3 Å². The number of hydrogen-bond donors (Lipinski definition) is 2. The molecule has 2 aromatic carbocycles. The van der Waals surface area contributed by atoms with Crippen molar-refractivity contribution in [3.8, 4) is 16.9 Å². The second-order valence-electron chi connectivity index (χ2n) is 10.9. The van der Waals surface area contributed by atoms with Crippen molar-refractivity contribution in [2.45, 2.75) is 63.0 Å². The number of aromatic nitrogens is 1. The van der Waals surface area contributed by atoms with Gasteiger partial charge in [-0.3, -0.25) is 4.79 Å². The first-order chi connectivity index (χ1) is 18.8. The van der Waals surface area contributed by atoms with Gasteiger partial charge >= 0.3 is 0 Å². The number of carbonyl (C=O) groups excluding carboxylic acids is 1. The third-order valence-corrected chi connectivity index (χ3v) is 9.43. The zero-order valence-corrected chi connectivity index (χ0v) is 23.3. The Balaban J connectivity index is 1.24. The number of carbonyl (C=O) groups is 1. The van der Waals surface area contributed by atoms with Crippen molar-refractivity contribution in [1.29, 1.82) is 0 Å². The fourth-order valence-corrected chi connectivity index (χ4v) is 7.20. The van der Waals surface area contributed by atoms with Gasteiger partial charge in [-0.25, -0.2) is 9.37 Å². The molecule has 1 aromatic heterocycles. The predicted octanol–water partition coefficient (Wildman–Crippen LogP) is 7.15. The average molecular weight is 570 g/mol. The van der Waals surface area contributed by atoms with Gasteiger partial charge in [-0.1, -0.05) is 48.2 Å². The maximum absolute atomic E-state index is 14.1. The normalized spacial score (nSPS) is 19.7. The highest BCUT2D eigenvalue weighted by molar-refractivity contribution is 6.36. The molecule has 6 nitrogen and oxygen atoms in total. The number of piperidine rings is 1. The maximum Gasteiger partial charge on any atom is 0.235 e. The summed E-state index contributed by atoms with van der Waals surface area (Å²) in [7, 11) is 0. The largest absolute Gasteiger partial charge is 0.482 e. The van der Waals surface area contributed by atoms with Crippen LogP contribution in [0.3, 0.4) is 0 Å². The summed E-state index contributed by atoms with van der Waals surface area (Å²) >= 11 is 12.5. The fraction of sp³-hybridized carbons (Fsp3) is 0.400. The van der Waals surface area contributed by atoms with Crippen molar-refractivity contribution >= 4 is 40.6 Å². The van der Waals surface area contributed by atoms with Crippen molar-refractivity contribution in [3.63, 3.8) is 0 Å². The SMILES string of the molecule is C[C@@H](Oc1cc(-c2ccc3c(c2)NC(=O)C32CCN(C3CCCC3)CC2)cnc1N)c1c(Cl)ccc(F)c1Cl. The molecule has 3 N–H and O–H groups in total. The van der Waals surface area contributed by atoms with E-state index in [1.165, 1.54) is 37.8 Å². The highest BCUT2D eigenvalue weighted by Crippen LogP contribution is 2.47. The summed E-state index contributed by atoms with van der Waals surface area (Å²) in [6.45, 7) is 3.64. The molecule has 2 fully saturated rings. The third kappa shape index (κ3) is 4.64. The maximum atomic E-state index is 14.1. The Morgan fingerprint density at radius 2 is 1.87 bits per heavy atom. The third-order valence-electron chi connectivity index (χ3n) is 8.72. The minimum atomic E-state index is -0.672. The molecule has 0 unspecified atom stereocenters. The van der Waals surface area contributed by atoms with Gasteiger partial charge in [-0.05, 0) is 81.1 Å². The number of fused-ring (bicyclic) bond motifs is 2. The summed E-state index contributed by atoms with van der Waals surface area (Å²) in [5.41, 5.74) is 9.57. The van der Waals surface area contributed by atoms with Crippen LogP contribution < -0.4 is 15.8 Å². The van der Waals surface area contributed by atoms with Crippen molar-refractivity contribution in [1.82, 2.24) is 9.88 Å². The molecule has 6 rings (SSSR count). The van der Waals surface area contributed by atoms with Crippen LogP contribution in [0.15, 0.2) is 42.6 Å². The molecule has 0 bridgehead atoms. The Morgan fingerprint density at radius 3 is 2.62 bits per heavy atom. The van der Waals surface area contributed by atoms with Crippen LogP contribution in [0, 0.1) is 5.82 Å². The van der Waals surface area contributed by atoms with E-state index in [1.807, 2.05) is 12.1 Å². The summed E-state index contributed by atoms with van der Waals surface area (Å²) < 4.78 is 20.1. The van der Waals surface area contributed by atoms with Crippen LogP contribution in [0.5, 0.6) is 5.75 Å². The van der Waals surface area contributed by atoms with Gasteiger partial charge in [0.2, 0.25) is 5.91 Å². The quantitative estimate of drug-likeness (QED) is 0.319. The van der Waals surface area contributed by atoms with Crippen LogP contribution in [0.4, 0.5) is 15.9 Å². The molecule has 3 aliphatic rings. The van der Waals surface area contributed by atoms with Crippen molar-refractivity contribution in [2.75, 3.05) is 24.1 Å². The number of anilines is 2. The lowest BCUT2D eigenvalue weighted by atomic mass is 9.73. The molecule has 0 radical (unpaired) electrons. The number of ether oxygens (including phenoxy) is 1. The second kappa shape index (κ2) is 10.3. The fourth-order valence-electron chi connectivity index (χ4n) is 6.52. The van der Waals surface area contributed by atoms with Crippen molar-refractivity contribution in [2.24, 2.45) is 0 Å². The Hall–Kier alpha value is -2.87. The summed E-state index contributed by atoms with van der Waals surface area (Å²) in [6, 6.07) is 11.2. The number of benzene rings is 2. The van der Waals surface area contributed by atoms with E-state index in [-0.39, 0.29) is 16.7 Å². The van der Waals surface area contributed by atoms with Crippen LogP contribution in [-0.4, -0.2) is 34.9 Å². The lowest BCUT2D eigenvalue weighted by molar-refractivity contribution is -0.122. The molecular weight excluding hydrogens is 538 g/mol. The first-order valence-corrected chi connectivity index (χ1v) is 14.3. The zero-order chi connectivity index (χ0) is 27.3. The molecule has 204 valence electrons. The number of nitrogens with two attached hydrogens (primary N) is 1. The molecule has 39 heavy (non-hydrogen) atoms. The number of nitrogen functional groups attached to an aromatic ring is 1. The molecule has 9 heteroatoms. The molecule has 1 saturated carbocycles.